The first-order valence-corrected chi connectivity index (χ1v) is 7.62. The van der Waals surface area contributed by atoms with Crippen LogP contribution in [0, 0.1) is 5.92 Å². The number of rotatable bonds is 5. The molecule has 112 valence electrons. The fourth-order valence-corrected chi connectivity index (χ4v) is 3.39. The minimum absolute atomic E-state index is 0.188. The van der Waals surface area contributed by atoms with Gasteiger partial charge in [0.2, 0.25) is 5.78 Å². The van der Waals surface area contributed by atoms with E-state index in [0.29, 0.717) is 11.6 Å². The molecule has 20 heavy (non-hydrogen) atoms. The van der Waals surface area contributed by atoms with E-state index in [1.54, 1.807) is 10.9 Å². The third kappa shape index (κ3) is 2.64. The zero-order valence-corrected chi connectivity index (χ0v) is 13.1. The van der Waals surface area contributed by atoms with Gasteiger partial charge in [-0.3, -0.25) is 9.69 Å². The molecule has 0 N–H and O–H groups in total. The molecule has 5 heteroatoms. The van der Waals surface area contributed by atoms with Crippen molar-refractivity contribution in [1.29, 1.82) is 0 Å². The van der Waals surface area contributed by atoms with E-state index in [-0.39, 0.29) is 11.3 Å². The fourth-order valence-electron chi connectivity index (χ4n) is 3.39. The highest BCUT2D eigenvalue weighted by molar-refractivity contribution is 6.01. The quantitative estimate of drug-likeness (QED) is 0.776. The van der Waals surface area contributed by atoms with Gasteiger partial charge in [0.05, 0.1) is 11.7 Å². The van der Waals surface area contributed by atoms with Gasteiger partial charge in [-0.1, -0.05) is 31.9 Å². The first kappa shape index (κ1) is 15.2. The van der Waals surface area contributed by atoms with E-state index in [2.05, 4.69) is 29.1 Å². The standard InChI is InChI=1S/C15H26N4O/c1-5-9-19-13(11-16-17-19)14(20)15(18(3)4)8-6-7-12(2)10-15/h11-12H,5-10H2,1-4H3. The average molecular weight is 278 g/mol. The molecule has 2 rings (SSSR count). The van der Waals surface area contributed by atoms with Gasteiger partial charge in [-0.15, -0.1) is 5.10 Å². The Kier molecular flexibility index (Phi) is 4.58. The summed E-state index contributed by atoms with van der Waals surface area (Å²) in [6.07, 6.45) is 6.77. The number of likely N-dealkylation sites (N-methyl/N-ethyl adjacent to an activating group) is 1. The van der Waals surface area contributed by atoms with Crippen LogP contribution in [0.2, 0.25) is 0 Å². The van der Waals surface area contributed by atoms with Crippen LogP contribution < -0.4 is 0 Å². The van der Waals surface area contributed by atoms with Gasteiger partial charge in [-0.2, -0.15) is 0 Å². The molecule has 0 bridgehead atoms. The van der Waals surface area contributed by atoms with Gasteiger partial charge < -0.3 is 0 Å². The highest BCUT2D eigenvalue weighted by Crippen LogP contribution is 2.38. The molecule has 0 spiro atoms. The number of aryl methyl sites for hydroxylation is 1. The summed E-state index contributed by atoms with van der Waals surface area (Å²) < 4.78 is 1.76. The maximum Gasteiger partial charge on any atom is 0.202 e. The van der Waals surface area contributed by atoms with Crippen molar-refractivity contribution >= 4 is 5.78 Å². The van der Waals surface area contributed by atoms with Gasteiger partial charge in [0.1, 0.15) is 5.69 Å². The summed E-state index contributed by atoms with van der Waals surface area (Å²) in [4.78, 5) is 15.2. The predicted molar refractivity (Wildman–Crippen MR) is 78.7 cm³/mol. The maximum absolute atomic E-state index is 13.1. The van der Waals surface area contributed by atoms with E-state index < -0.39 is 0 Å². The summed E-state index contributed by atoms with van der Waals surface area (Å²) in [6, 6.07) is 0. The number of hydrogen-bond acceptors (Lipinski definition) is 4. The lowest BCUT2D eigenvalue weighted by Gasteiger charge is -2.43. The summed E-state index contributed by atoms with van der Waals surface area (Å²) in [7, 11) is 4.04. The summed E-state index contributed by atoms with van der Waals surface area (Å²) in [5.74, 6) is 0.776. The summed E-state index contributed by atoms with van der Waals surface area (Å²) in [5, 5.41) is 8.00. The van der Waals surface area contributed by atoms with Crippen molar-refractivity contribution in [2.24, 2.45) is 5.92 Å². The number of ketones is 1. The predicted octanol–water partition coefficient (Wildman–Crippen LogP) is 2.38. The molecule has 2 unspecified atom stereocenters. The first-order chi connectivity index (χ1) is 9.51. The lowest BCUT2D eigenvalue weighted by atomic mass is 9.72. The molecule has 0 amide bonds. The fraction of sp³-hybridized carbons (Fsp3) is 0.800. The first-order valence-electron chi connectivity index (χ1n) is 7.62. The van der Waals surface area contributed by atoms with E-state index >= 15 is 0 Å². The number of nitrogens with zero attached hydrogens (tertiary/aromatic N) is 4. The van der Waals surface area contributed by atoms with Crippen LogP contribution in [-0.2, 0) is 6.54 Å². The molecule has 0 aliphatic heterocycles. The number of hydrogen-bond donors (Lipinski definition) is 0. The Hall–Kier alpha value is -1.23. The summed E-state index contributed by atoms with van der Waals surface area (Å²) in [6.45, 7) is 5.08. The van der Waals surface area contributed by atoms with Crippen molar-refractivity contribution < 1.29 is 4.79 Å². The van der Waals surface area contributed by atoms with Gasteiger partial charge in [-0.05, 0) is 39.3 Å². The van der Waals surface area contributed by atoms with Crippen LogP contribution in [0.15, 0.2) is 6.20 Å². The smallest absolute Gasteiger partial charge is 0.202 e. The van der Waals surface area contributed by atoms with Crippen molar-refractivity contribution in [3.05, 3.63) is 11.9 Å². The number of carbonyl (C=O) groups excluding carboxylic acids is 1. The zero-order chi connectivity index (χ0) is 14.8. The van der Waals surface area contributed by atoms with Crippen molar-refractivity contribution in [2.75, 3.05) is 14.1 Å². The highest BCUT2D eigenvalue weighted by Gasteiger charge is 2.45. The number of aromatic nitrogens is 3. The Morgan fingerprint density at radius 3 is 2.90 bits per heavy atom. The molecule has 1 aliphatic carbocycles. The van der Waals surface area contributed by atoms with Crippen molar-refractivity contribution in [2.45, 2.75) is 58.0 Å². The lowest BCUT2D eigenvalue weighted by Crippen LogP contribution is -2.54. The molecule has 0 radical (unpaired) electrons. The molecule has 1 aliphatic rings. The third-order valence-electron chi connectivity index (χ3n) is 4.54. The van der Waals surface area contributed by atoms with Crippen LogP contribution in [0.5, 0.6) is 0 Å². The average Bonchev–Trinajstić information content (AvgIpc) is 2.86. The monoisotopic (exact) mass is 278 g/mol. The molecule has 2 atom stereocenters. The normalized spacial score (nSPS) is 26.9. The van der Waals surface area contributed by atoms with Crippen molar-refractivity contribution in [3.8, 4) is 0 Å². The Labute approximate surface area is 121 Å². The van der Waals surface area contributed by atoms with E-state index in [1.807, 2.05) is 14.1 Å². The molecule has 1 aromatic rings. The molecule has 1 fully saturated rings. The minimum Gasteiger partial charge on any atom is -0.297 e. The van der Waals surface area contributed by atoms with Crippen LogP contribution in [0.3, 0.4) is 0 Å². The van der Waals surface area contributed by atoms with Crippen LogP contribution >= 0.6 is 0 Å². The van der Waals surface area contributed by atoms with E-state index in [0.717, 1.165) is 32.2 Å². The Balaban J connectivity index is 2.34. The highest BCUT2D eigenvalue weighted by atomic mass is 16.1. The molecule has 1 heterocycles. The van der Waals surface area contributed by atoms with E-state index in [1.165, 1.54) is 6.42 Å². The lowest BCUT2D eigenvalue weighted by molar-refractivity contribution is 0.0475. The molecule has 1 aromatic heterocycles. The molecular weight excluding hydrogens is 252 g/mol. The third-order valence-corrected chi connectivity index (χ3v) is 4.54. The number of Topliss-reactive ketones (excluding diaryl/α,β-unsaturated/α-hetero) is 1. The minimum atomic E-state index is -0.384. The van der Waals surface area contributed by atoms with Crippen molar-refractivity contribution in [1.82, 2.24) is 19.9 Å². The van der Waals surface area contributed by atoms with Gasteiger partial charge in [0.15, 0.2) is 0 Å². The summed E-state index contributed by atoms with van der Waals surface area (Å²) in [5.41, 5.74) is 0.278. The molecule has 5 nitrogen and oxygen atoms in total. The van der Waals surface area contributed by atoms with Crippen molar-refractivity contribution in [3.63, 3.8) is 0 Å². The van der Waals surface area contributed by atoms with Crippen LogP contribution in [0.4, 0.5) is 0 Å². The SMILES string of the molecule is CCCn1nncc1C(=O)C1(N(C)C)CCCC(C)C1. The molecule has 0 saturated heterocycles. The van der Waals surface area contributed by atoms with E-state index in [4.69, 9.17) is 0 Å². The van der Waals surface area contributed by atoms with Gasteiger partial charge >= 0.3 is 0 Å². The van der Waals surface area contributed by atoms with Crippen LogP contribution in [-0.4, -0.2) is 45.3 Å². The second kappa shape index (κ2) is 6.04. The molecule has 0 aromatic carbocycles. The second-order valence-electron chi connectivity index (χ2n) is 6.30. The summed E-state index contributed by atoms with van der Waals surface area (Å²) >= 11 is 0. The van der Waals surface area contributed by atoms with Gasteiger partial charge in [0, 0.05) is 6.54 Å². The largest absolute Gasteiger partial charge is 0.297 e. The maximum atomic E-state index is 13.1. The topological polar surface area (TPSA) is 51.0 Å². The van der Waals surface area contributed by atoms with Gasteiger partial charge in [-0.25, -0.2) is 4.68 Å². The van der Waals surface area contributed by atoms with Crippen LogP contribution in [0.25, 0.3) is 0 Å². The van der Waals surface area contributed by atoms with Crippen LogP contribution in [0.1, 0.15) is 56.4 Å². The molecule has 1 saturated carbocycles. The second-order valence-corrected chi connectivity index (χ2v) is 6.30. The zero-order valence-electron chi connectivity index (χ0n) is 13.1. The number of carbonyl (C=O) groups is 1. The Morgan fingerprint density at radius 2 is 2.30 bits per heavy atom. The van der Waals surface area contributed by atoms with Gasteiger partial charge in [0.25, 0.3) is 0 Å². The Morgan fingerprint density at radius 1 is 1.55 bits per heavy atom. The van der Waals surface area contributed by atoms with E-state index in [9.17, 15) is 4.79 Å². The Bertz CT molecular complexity index is 468. The molecular formula is C15H26N4O.